The molecule has 0 unspecified atom stereocenters. The molecule has 318 valence electrons. The van der Waals surface area contributed by atoms with Crippen LogP contribution in [-0.2, 0) is 14.2 Å². The molecule has 10 N–H and O–H groups in total. The maximum absolute atomic E-state index is 13.6. The summed E-state index contributed by atoms with van der Waals surface area (Å²) in [6.45, 7) is 2.50. The second-order valence-corrected chi connectivity index (χ2v) is 15.2. The minimum Gasteiger partial charge on any atom is -0.508 e. The van der Waals surface area contributed by atoms with Gasteiger partial charge in [-0.2, -0.15) is 0 Å². The van der Waals surface area contributed by atoms with Gasteiger partial charge in [-0.25, -0.2) is 0 Å². The number of piperidine rings is 1. The smallest absolute Gasteiger partial charge is 0.195 e. The van der Waals surface area contributed by atoms with E-state index in [1.165, 1.54) is 30.6 Å². The average Bonchev–Trinajstić information content (AvgIpc) is 3.60. The number of ketones is 1. The number of carbonyl (C=O) groups is 1. The molecule has 3 fully saturated rings. The van der Waals surface area contributed by atoms with E-state index in [0.717, 1.165) is 45.9 Å². The second-order valence-electron chi connectivity index (χ2n) is 14.2. The monoisotopic (exact) mass is 851 g/mol. The van der Waals surface area contributed by atoms with E-state index in [4.69, 9.17) is 24.1 Å². The van der Waals surface area contributed by atoms with Crippen molar-refractivity contribution in [2.24, 2.45) is 0 Å². The van der Waals surface area contributed by atoms with Crippen molar-refractivity contribution in [1.82, 2.24) is 4.90 Å². The van der Waals surface area contributed by atoms with Crippen LogP contribution in [0.4, 0.5) is 0 Å². The van der Waals surface area contributed by atoms with Gasteiger partial charge in [0.05, 0.1) is 13.2 Å². The lowest BCUT2D eigenvalue weighted by Crippen LogP contribution is -2.64. The molecule has 4 aromatic rings. The zero-order valence-electron chi connectivity index (χ0n) is 31.3. The Kier molecular flexibility index (Phi) is 16.2. The molecule has 0 amide bonds. The van der Waals surface area contributed by atoms with Crippen molar-refractivity contribution >= 4 is 39.6 Å². The average molecular weight is 852 g/mol. The van der Waals surface area contributed by atoms with Crippen molar-refractivity contribution < 1.29 is 74.8 Å². The molecule has 0 saturated carbocycles. The van der Waals surface area contributed by atoms with Crippen LogP contribution in [0.3, 0.4) is 0 Å². The minimum atomic E-state index is -1.74. The van der Waals surface area contributed by atoms with E-state index in [-0.39, 0.29) is 29.7 Å². The molecule has 10 atom stereocenters. The highest BCUT2D eigenvalue weighted by Crippen LogP contribution is 2.41. The van der Waals surface area contributed by atoms with E-state index in [1.807, 2.05) is 24.3 Å². The molecular weight excluding hydrogens is 802 g/mol. The molecule has 3 saturated heterocycles. The van der Waals surface area contributed by atoms with Gasteiger partial charge in [0.25, 0.3) is 0 Å². The van der Waals surface area contributed by atoms with Gasteiger partial charge < -0.3 is 70.0 Å². The molecule has 0 bridgehead atoms. The number of rotatable bonds is 11. The molecule has 0 spiro atoms. The van der Waals surface area contributed by atoms with Crippen molar-refractivity contribution in [2.45, 2.75) is 80.7 Å². The lowest BCUT2D eigenvalue weighted by atomic mass is 9.97. The Morgan fingerprint density at radius 1 is 0.741 bits per heavy atom. The third-order valence-electron chi connectivity index (χ3n) is 10.3. The summed E-state index contributed by atoms with van der Waals surface area (Å²) in [7, 11) is 0. The molecule has 16 nitrogen and oxygen atoms in total. The number of fused-ring (bicyclic) bond motifs is 1. The maximum atomic E-state index is 13.6. The van der Waals surface area contributed by atoms with Gasteiger partial charge in [-0.15, -0.1) is 23.7 Å². The van der Waals surface area contributed by atoms with Crippen LogP contribution in [0.5, 0.6) is 17.2 Å². The standard InChI is InChI=1S/C28H27NO4S.C12H22O11.ClH/c30-21-8-4-20(5-9-21)28-26(24-13-10-22(31)18-25(24)34-28)27(32)19-6-11-23(12-7-19)33-17-16-29-14-2-1-3-15-29;13-1-3-5(15)6(16)9(19)12(22-3)23-10-4(2-14)21-11(20)8(18)7(10)17;/h4-13,18,30-31H,1-3,14-17H2;3-20H,1-2H2;1H/t;3-,4-,5+,6+,7-,8-,9-,10-,11-,12+;/m.1./s1. The van der Waals surface area contributed by atoms with Gasteiger partial charge in [-0.05, 0) is 98.2 Å². The number of ether oxygens (including phenoxy) is 4. The predicted octanol–water partition coefficient (Wildman–Crippen LogP) is 1.10. The highest BCUT2D eigenvalue weighted by atomic mass is 35.5. The molecule has 0 aliphatic carbocycles. The van der Waals surface area contributed by atoms with Crippen LogP contribution in [0, 0.1) is 0 Å². The third-order valence-corrected chi connectivity index (χ3v) is 11.5. The number of phenolic OH excluding ortho intramolecular Hbond substituents is 2. The summed E-state index contributed by atoms with van der Waals surface area (Å²) in [5, 5.41) is 96.9. The topological polar surface area (TPSA) is 260 Å². The lowest BCUT2D eigenvalue weighted by molar-refractivity contribution is -0.355. The van der Waals surface area contributed by atoms with Gasteiger partial charge in [0, 0.05) is 32.6 Å². The number of likely N-dealkylation sites (tertiary alicyclic amines) is 1. The third kappa shape index (κ3) is 10.4. The Morgan fingerprint density at radius 3 is 2.05 bits per heavy atom. The summed E-state index contributed by atoms with van der Waals surface area (Å²) in [5.41, 5.74) is 2.03. The summed E-state index contributed by atoms with van der Waals surface area (Å²) >= 11 is 1.46. The van der Waals surface area contributed by atoms with E-state index < -0.39 is 74.6 Å². The minimum absolute atomic E-state index is 0. The lowest BCUT2D eigenvalue weighted by Gasteiger charge is -2.45. The molecule has 3 aliphatic heterocycles. The van der Waals surface area contributed by atoms with Gasteiger partial charge in [0.1, 0.15) is 72.7 Å². The number of hydrogen-bond donors (Lipinski definition) is 10. The van der Waals surface area contributed by atoms with Gasteiger partial charge in [-0.1, -0.05) is 6.42 Å². The van der Waals surface area contributed by atoms with Crippen LogP contribution >= 0.6 is 23.7 Å². The van der Waals surface area contributed by atoms with Gasteiger partial charge in [0.2, 0.25) is 0 Å². The molecule has 7 rings (SSSR count). The van der Waals surface area contributed by atoms with Crippen LogP contribution in [0.15, 0.2) is 66.7 Å². The van der Waals surface area contributed by atoms with Crippen molar-refractivity contribution in [1.29, 1.82) is 0 Å². The highest BCUT2D eigenvalue weighted by Gasteiger charge is 2.50. The molecular formula is C40H50ClNO15S. The van der Waals surface area contributed by atoms with Crippen molar-refractivity contribution in [3.8, 4) is 27.7 Å². The summed E-state index contributed by atoms with van der Waals surface area (Å²) in [6, 6.07) is 19.2. The number of carbonyl (C=O) groups excluding carboxylic acids is 1. The van der Waals surface area contributed by atoms with Gasteiger partial charge in [-0.3, -0.25) is 9.69 Å². The first-order chi connectivity index (χ1) is 27.4. The number of thiophene rings is 1. The Morgan fingerprint density at radius 2 is 1.40 bits per heavy atom. The van der Waals surface area contributed by atoms with Crippen LogP contribution in [0.1, 0.15) is 35.2 Å². The summed E-state index contributed by atoms with van der Waals surface area (Å²) in [5.74, 6) is 1.01. The largest absolute Gasteiger partial charge is 0.508 e. The van der Waals surface area contributed by atoms with E-state index in [1.54, 1.807) is 42.5 Å². The van der Waals surface area contributed by atoms with E-state index in [9.17, 15) is 50.8 Å². The molecule has 1 aromatic heterocycles. The Balaban J connectivity index is 0.000000234. The number of halogens is 1. The summed E-state index contributed by atoms with van der Waals surface area (Å²) in [4.78, 5) is 16.9. The van der Waals surface area contributed by atoms with Gasteiger partial charge in [0.15, 0.2) is 18.4 Å². The zero-order valence-corrected chi connectivity index (χ0v) is 32.9. The number of aliphatic hydroxyl groups excluding tert-OH is 8. The number of benzene rings is 3. The number of hydrogen-bond acceptors (Lipinski definition) is 17. The van der Waals surface area contributed by atoms with E-state index in [2.05, 4.69) is 4.90 Å². The van der Waals surface area contributed by atoms with E-state index >= 15 is 0 Å². The Bertz CT molecular complexity index is 1910. The van der Waals surface area contributed by atoms with Gasteiger partial charge >= 0.3 is 0 Å². The van der Waals surface area contributed by atoms with Crippen molar-refractivity contribution in [3.05, 3.63) is 77.9 Å². The molecule has 3 aliphatic rings. The number of nitrogens with zero attached hydrogens (tertiary/aromatic N) is 1. The predicted molar refractivity (Wildman–Crippen MR) is 212 cm³/mol. The highest BCUT2D eigenvalue weighted by molar-refractivity contribution is 7.22. The molecule has 4 heterocycles. The van der Waals surface area contributed by atoms with Crippen LogP contribution in [0.2, 0.25) is 0 Å². The fraction of sp³-hybridized carbons (Fsp3) is 0.475. The fourth-order valence-corrected chi connectivity index (χ4v) is 8.26. The normalized spacial score (nSPS) is 28.9. The van der Waals surface area contributed by atoms with Crippen molar-refractivity contribution in [2.75, 3.05) is 39.5 Å². The molecule has 0 radical (unpaired) electrons. The quantitative estimate of drug-likeness (QED) is 0.0948. The first-order valence-corrected chi connectivity index (χ1v) is 19.5. The van der Waals surface area contributed by atoms with Crippen LogP contribution < -0.4 is 4.74 Å². The molecule has 18 heteroatoms. The molecule has 3 aromatic carbocycles. The summed E-state index contributed by atoms with van der Waals surface area (Å²) < 4.78 is 22.0. The zero-order chi connectivity index (χ0) is 40.8. The van der Waals surface area contributed by atoms with Crippen LogP contribution in [0.25, 0.3) is 20.5 Å². The second kappa shape index (κ2) is 20.7. The summed E-state index contributed by atoms with van der Waals surface area (Å²) in [6.07, 6.45) is -11.7. The number of aromatic hydroxyl groups is 2. The number of aliphatic hydroxyl groups is 8. The number of phenols is 2. The maximum Gasteiger partial charge on any atom is 0.195 e. The Hall–Kier alpha value is -3.50. The molecule has 58 heavy (non-hydrogen) atoms. The van der Waals surface area contributed by atoms with Crippen molar-refractivity contribution in [3.63, 3.8) is 0 Å². The van der Waals surface area contributed by atoms with E-state index in [0.29, 0.717) is 17.7 Å². The van der Waals surface area contributed by atoms with Crippen LogP contribution in [-0.4, -0.2) is 163 Å². The first-order valence-electron chi connectivity index (χ1n) is 18.7. The first kappa shape index (κ1) is 45.6. The Labute approximate surface area is 344 Å². The fourth-order valence-electron chi connectivity index (χ4n) is 7.02. The SMILES string of the molecule is Cl.O=C(c1ccc(OCCN2CCCCC2)cc1)c1c(-c2ccc(O)cc2)sc2cc(O)ccc12.OC[C@H]1O[C@@H](O[C@H]2[C@H](O)[C@@H](O)[C@H](O)O[C@@H]2CO)[C@H](O)[C@@H](O)[C@H]1O.